The van der Waals surface area contributed by atoms with Gasteiger partial charge in [-0.25, -0.2) is 8.42 Å². The standard InChI is InChI=1S/C31H35Cl2N3O5S/c1-41-29-15-9-8-14-27(29)36(42(2,39)40)21-30(37)35(20-23-16-17-24(32)19-26(23)33)28(18-22-10-4-3-5-11-22)31(38)34-25-12-6-7-13-25/h3-5,8-11,14-17,19,25,28H,6-7,12-13,18,20-21H2,1-2H3,(H,34,38). The Kier molecular flexibility index (Phi) is 10.8. The summed E-state index contributed by atoms with van der Waals surface area (Å²) in [5.74, 6) is -0.574. The summed E-state index contributed by atoms with van der Waals surface area (Å²) < 4.78 is 32.4. The molecule has 1 aliphatic carbocycles. The zero-order valence-corrected chi connectivity index (χ0v) is 26.0. The number of anilines is 1. The van der Waals surface area contributed by atoms with E-state index in [1.54, 1.807) is 42.5 Å². The number of rotatable bonds is 12. The Labute approximate surface area is 257 Å². The summed E-state index contributed by atoms with van der Waals surface area (Å²) in [7, 11) is -2.50. The number of nitrogens with one attached hydrogen (secondary N) is 1. The van der Waals surface area contributed by atoms with Crippen LogP contribution in [0.2, 0.25) is 10.0 Å². The van der Waals surface area contributed by atoms with Gasteiger partial charge in [0.15, 0.2) is 0 Å². The Morgan fingerprint density at radius 3 is 2.31 bits per heavy atom. The molecule has 0 aliphatic heterocycles. The maximum absolute atomic E-state index is 14.3. The molecule has 0 radical (unpaired) electrons. The van der Waals surface area contributed by atoms with E-state index in [9.17, 15) is 18.0 Å². The van der Waals surface area contributed by atoms with Crippen molar-refractivity contribution in [2.45, 2.75) is 50.7 Å². The maximum Gasteiger partial charge on any atom is 0.244 e. The van der Waals surface area contributed by atoms with Crippen LogP contribution in [0.4, 0.5) is 5.69 Å². The molecule has 0 spiro atoms. The Bertz CT molecular complexity index is 1500. The lowest BCUT2D eigenvalue weighted by Crippen LogP contribution is -2.54. The minimum atomic E-state index is -3.93. The van der Waals surface area contributed by atoms with Crippen molar-refractivity contribution in [3.8, 4) is 5.75 Å². The fourth-order valence-electron chi connectivity index (χ4n) is 5.19. The van der Waals surface area contributed by atoms with Gasteiger partial charge < -0.3 is 15.0 Å². The lowest BCUT2D eigenvalue weighted by molar-refractivity contribution is -0.140. The Morgan fingerprint density at radius 2 is 1.67 bits per heavy atom. The number of sulfonamides is 1. The molecule has 0 saturated heterocycles. The third-order valence-corrected chi connectivity index (χ3v) is 9.07. The number of benzene rings is 3. The predicted octanol–water partition coefficient (Wildman–Crippen LogP) is 5.47. The normalized spacial score (nSPS) is 14.3. The van der Waals surface area contributed by atoms with Crippen LogP contribution in [-0.4, -0.2) is 57.1 Å². The summed E-state index contributed by atoms with van der Waals surface area (Å²) in [6.07, 6.45) is 5.05. The van der Waals surface area contributed by atoms with E-state index in [0.29, 0.717) is 21.4 Å². The lowest BCUT2D eigenvalue weighted by Gasteiger charge is -2.34. The van der Waals surface area contributed by atoms with Crippen molar-refractivity contribution in [2.75, 3.05) is 24.2 Å². The van der Waals surface area contributed by atoms with Crippen LogP contribution in [0.5, 0.6) is 5.75 Å². The van der Waals surface area contributed by atoms with Crippen molar-refractivity contribution in [1.29, 1.82) is 0 Å². The fourth-order valence-corrected chi connectivity index (χ4v) is 6.51. The van der Waals surface area contributed by atoms with E-state index in [0.717, 1.165) is 41.8 Å². The SMILES string of the molecule is COc1ccccc1N(CC(=O)N(Cc1ccc(Cl)cc1Cl)C(Cc1ccccc1)C(=O)NC1CCCC1)S(C)(=O)=O. The van der Waals surface area contributed by atoms with Gasteiger partial charge in [-0.05, 0) is 48.2 Å². The van der Waals surface area contributed by atoms with Crippen LogP contribution in [0, 0.1) is 0 Å². The molecule has 1 aliphatic rings. The van der Waals surface area contributed by atoms with Gasteiger partial charge in [-0.15, -0.1) is 0 Å². The molecule has 8 nitrogen and oxygen atoms in total. The quantitative estimate of drug-likeness (QED) is 0.286. The van der Waals surface area contributed by atoms with Gasteiger partial charge in [0.2, 0.25) is 21.8 Å². The molecule has 0 bridgehead atoms. The van der Waals surface area contributed by atoms with Gasteiger partial charge in [-0.1, -0.05) is 84.6 Å². The van der Waals surface area contributed by atoms with E-state index < -0.39 is 28.5 Å². The first-order chi connectivity index (χ1) is 20.1. The van der Waals surface area contributed by atoms with Gasteiger partial charge in [0.25, 0.3) is 0 Å². The monoisotopic (exact) mass is 631 g/mol. The van der Waals surface area contributed by atoms with Crippen LogP contribution in [0.25, 0.3) is 0 Å². The van der Waals surface area contributed by atoms with E-state index in [-0.39, 0.29) is 30.6 Å². The highest BCUT2D eigenvalue weighted by molar-refractivity contribution is 7.92. The third kappa shape index (κ3) is 8.18. The number of nitrogens with zero attached hydrogens (tertiary/aromatic N) is 2. The Hall–Kier alpha value is -3.27. The van der Waals surface area contributed by atoms with Crippen molar-refractivity contribution in [2.24, 2.45) is 0 Å². The van der Waals surface area contributed by atoms with Gasteiger partial charge in [-0.3, -0.25) is 13.9 Å². The molecule has 11 heteroatoms. The summed E-state index contributed by atoms with van der Waals surface area (Å²) >= 11 is 12.7. The minimum absolute atomic E-state index is 0.0212. The van der Waals surface area contributed by atoms with Crippen LogP contribution in [0.3, 0.4) is 0 Å². The zero-order valence-electron chi connectivity index (χ0n) is 23.6. The molecule has 3 aromatic rings. The van der Waals surface area contributed by atoms with Gasteiger partial charge in [0, 0.05) is 29.1 Å². The first-order valence-corrected chi connectivity index (χ1v) is 16.4. The van der Waals surface area contributed by atoms with Crippen molar-refractivity contribution < 1.29 is 22.7 Å². The van der Waals surface area contributed by atoms with E-state index in [2.05, 4.69) is 5.32 Å². The van der Waals surface area contributed by atoms with E-state index in [1.807, 2.05) is 30.3 Å². The molecule has 42 heavy (non-hydrogen) atoms. The third-order valence-electron chi connectivity index (χ3n) is 7.36. The van der Waals surface area contributed by atoms with Gasteiger partial charge >= 0.3 is 0 Å². The molecule has 1 saturated carbocycles. The molecule has 224 valence electrons. The largest absolute Gasteiger partial charge is 0.495 e. The molecule has 4 rings (SSSR count). The number of hydrogen-bond acceptors (Lipinski definition) is 5. The molecular formula is C31H35Cl2N3O5S. The highest BCUT2D eigenvalue weighted by Gasteiger charge is 2.35. The number of carbonyl (C=O) groups is 2. The van der Waals surface area contributed by atoms with E-state index in [1.165, 1.54) is 12.0 Å². The summed E-state index contributed by atoms with van der Waals surface area (Å²) in [6, 6.07) is 20.0. The van der Waals surface area contributed by atoms with E-state index >= 15 is 0 Å². The first-order valence-electron chi connectivity index (χ1n) is 13.7. The summed E-state index contributed by atoms with van der Waals surface area (Å²) in [4.78, 5) is 29.6. The highest BCUT2D eigenvalue weighted by atomic mass is 35.5. The molecule has 0 heterocycles. The number of hydrogen-bond donors (Lipinski definition) is 1. The van der Waals surface area contributed by atoms with E-state index in [4.69, 9.17) is 27.9 Å². The second kappa shape index (κ2) is 14.3. The van der Waals surface area contributed by atoms with Crippen molar-refractivity contribution >= 4 is 50.7 Å². The predicted molar refractivity (Wildman–Crippen MR) is 167 cm³/mol. The molecule has 1 atom stereocenters. The molecule has 1 N–H and O–H groups in total. The Balaban J connectivity index is 1.76. The number of halogens is 2. The highest BCUT2D eigenvalue weighted by Crippen LogP contribution is 2.30. The fraction of sp³-hybridized carbons (Fsp3) is 0.355. The molecule has 3 aromatic carbocycles. The summed E-state index contributed by atoms with van der Waals surface area (Å²) in [6.45, 7) is -0.583. The molecular weight excluding hydrogens is 597 g/mol. The molecule has 1 unspecified atom stereocenters. The van der Waals surface area contributed by atoms with Gasteiger partial charge in [0.05, 0.1) is 19.1 Å². The topological polar surface area (TPSA) is 96.0 Å². The maximum atomic E-state index is 14.3. The van der Waals surface area contributed by atoms with Crippen LogP contribution in [0.1, 0.15) is 36.8 Å². The lowest BCUT2D eigenvalue weighted by atomic mass is 10.0. The van der Waals surface area contributed by atoms with Crippen molar-refractivity contribution in [3.05, 3.63) is 94.0 Å². The van der Waals surface area contributed by atoms with Crippen LogP contribution < -0.4 is 14.4 Å². The Morgan fingerprint density at radius 1 is 1.00 bits per heavy atom. The smallest absolute Gasteiger partial charge is 0.244 e. The van der Waals surface area contributed by atoms with Crippen molar-refractivity contribution in [3.63, 3.8) is 0 Å². The van der Waals surface area contributed by atoms with Crippen molar-refractivity contribution in [1.82, 2.24) is 10.2 Å². The number of para-hydroxylation sites is 2. The minimum Gasteiger partial charge on any atom is -0.495 e. The average molecular weight is 633 g/mol. The summed E-state index contributed by atoms with van der Waals surface area (Å²) in [5.41, 5.74) is 1.65. The number of methoxy groups -OCH3 is 1. The molecule has 1 fully saturated rings. The number of amides is 2. The first kappa shape index (κ1) is 31.7. The average Bonchev–Trinajstić information content (AvgIpc) is 3.47. The summed E-state index contributed by atoms with van der Waals surface area (Å²) in [5, 5.41) is 3.90. The number of carbonyl (C=O) groups excluding carboxylic acids is 2. The second-order valence-electron chi connectivity index (χ2n) is 10.4. The van der Waals surface area contributed by atoms with Crippen LogP contribution in [0.15, 0.2) is 72.8 Å². The van der Waals surface area contributed by atoms with Gasteiger partial charge in [0.1, 0.15) is 18.3 Å². The van der Waals surface area contributed by atoms with Crippen LogP contribution >= 0.6 is 23.2 Å². The number of ether oxygens (including phenoxy) is 1. The van der Waals surface area contributed by atoms with Crippen LogP contribution in [-0.2, 0) is 32.6 Å². The second-order valence-corrected chi connectivity index (χ2v) is 13.1. The molecule has 2 amide bonds. The van der Waals surface area contributed by atoms with Gasteiger partial charge in [-0.2, -0.15) is 0 Å². The zero-order chi connectivity index (χ0) is 30.3. The molecule has 0 aromatic heterocycles.